The first-order valence-electron chi connectivity index (χ1n) is 11.5. The lowest BCUT2D eigenvalue weighted by molar-refractivity contribution is -0.134. The molecule has 3 atom stereocenters. The highest BCUT2D eigenvalue weighted by molar-refractivity contribution is 6.04. The highest BCUT2D eigenvalue weighted by Crippen LogP contribution is 2.32. The van der Waals surface area contributed by atoms with Gasteiger partial charge in [-0.15, -0.1) is 0 Å². The molecule has 1 aromatic carbocycles. The molecule has 2 N–H and O–H groups in total. The summed E-state index contributed by atoms with van der Waals surface area (Å²) in [5.74, 6) is -0.350. The van der Waals surface area contributed by atoms with Gasteiger partial charge in [0.15, 0.2) is 0 Å². The monoisotopic (exact) mass is 483 g/mol. The fourth-order valence-corrected chi connectivity index (χ4v) is 4.29. The summed E-state index contributed by atoms with van der Waals surface area (Å²) in [6, 6.07) is 4.71. The molecule has 2 aromatic rings. The van der Waals surface area contributed by atoms with Crippen LogP contribution in [0.4, 0.5) is 5.69 Å². The van der Waals surface area contributed by atoms with Crippen LogP contribution in [0, 0.1) is 0 Å². The van der Waals surface area contributed by atoms with Crippen LogP contribution in [0.15, 0.2) is 36.8 Å². The van der Waals surface area contributed by atoms with Crippen LogP contribution in [-0.2, 0) is 14.3 Å². The number of anilines is 1. The summed E-state index contributed by atoms with van der Waals surface area (Å²) in [4.78, 5) is 47.5. The number of carbonyl (C=O) groups is 3. The van der Waals surface area contributed by atoms with Crippen LogP contribution in [0.5, 0.6) is 5.75 Å². The molecule has 0 bridgehead atoms. The van der Waals surface area contributed by atoms with Crippen LogP contribution in [-0.4, -0.2) is 84.8 Å². The van der Waals surface area contributed by atoms with Crippen molar-refractivity contribution in [3.8, 4) is 5.75 Å². The number of likely N-dealkylation sites (N-methyl/N-ethyl adjacent to an activating group) is 1. The average molecular weight is 484 g/mol. The Balaban J connectivity index is 1.43. The van der Waals surface area contributed by atoms with Crippen molar-refractivity contribution in [3.05, 3.63) is 48.0 Å². The average Bonchev–Trinajstić information content (AvgIpc) is 2.87. The maximum Gasteiger partial charge on any atom is 0.275 e. The lowest BCUT2D eigenvalue weighted by Gasteiger charge is -2.42. The molecule has 3 amide bonds. The van der Waals surface area contributed by atoms with E-state index in [4.69, 9.17) is 14.2 Å². The molecule has 186 valence electrons. The first kappa shape index (κ1) is 24.6. The Morgan fingerprint density at radius 3 is 2.89 bits per heavy atom. The zero-order valence-corrected chi connectivity index (χ0v) is 19.7. The van der Waals surface area contributed by atoms with Crippen molar-refractivity contribution in [2.24, 2.45) is 0 Å². The van der Waals surface area contributed by atoms with Gasteiger partial charge in [0.1, 0.15) is 24.2 Å². The molecule has 0 aliphatic carbocycles. The Morgan fingerprint density at radius 2 is 2.11 bits per heavy atom. The third kappa shape index (κ3) is 5.92. The lowest BCUT2D eigenvalue weighted by Crippen LogP contribution is -2.54. The number of hydrogen-bond donors (Lipinski definition) is 2. The molecule has 11 heteroatoms. The van der Waals surface area contributed by atoms with Gasteiger partial charge in [-0.05, 0) is 31.0 Å². The van der Waals surface area contributed by atoms with Gasteiger partial charge < -0.3 is 29.7 Å². The fourth-order valence-electron chi connectivity index (χ4n) is 4.29. The van der Waals surface area contributed by atoms with Gasteiger partial charge in [-0.25, -0.2) is 4.98 Å². The predicted molar refractivity (Wildman–Crippen MR) is 125 cm³/mol. The first-order chi connectivity index (χ1) is 17.0. The molecule has 3 heterocycles. The van der Waals surface area contributed by atoms with E-state index in [1.165, 1.54) is 18.6 Å². The summed E-state index contributed by atoms with van der Waals surface area (Å²) in [5, 5.41) is 5.55. The summed E-state index contributed by atoms with van der Waals surface area (Å²) in [6.07, 6.45) is 5.25. The van der Waals surface area contributed by atoms with Crippen molar-refractivity contribution in [1.29, 1.82) is 0 Å². The summed E-state index contributed by atoms with van der Waals surface area (Å²) in [6.45, 7) is 1.14. The van der Waals surface area contributed by atoms with Gasteiger partial charge in [-0.1, -0.05) is 0 Å². The molecule has 0 spiro atoms. The van der Waals surface area contributed by atoms with Crippen LogP contribution in [0.2, 0.25) is 0 Å². The minimum atomic E-state index is -0.427. The van der Waals surface area contributed by atoms with Crippen LogP contribution in [0.1, 0.15) is 40.1 Å². The third-order valence-electron chi connectivity index (χ3n) is 6.11. The number of carbonyl (C=O) groups excluding carboxylic acids is 3. The predicted octanol–water partition coefficient (Wildman–Crippen LogP) is 1.26. The van der Waals surface area contributed by atoms with Gasteiger partial charge in [-0.2, -0.15) is 0 Å². The minimum Gasteiger partial charge on any atom is -0.490 e. The van der Waals surface area contributed by atoms with Crippen molar-refractivity contribution < 1.29 is 28.6 Å². The smallest absolute Gasteiger partial charge is 0.275 e. The maximum atomic E-state index is 13.3. The van der Waals surface area contributed by atoms with Crippen LogP contribution < -0.4 is 15.4 Å². The van der Waals surface area contributed by atoms with Crippen LogP contribution >= 0.6 is 0 Å². The zero-order chi connectivity index (χ0) is 24.8. The number of fused-ring (bicyclic) bond motifs is 2. The van der Waals surface area contributed by atoms with Crippen molar-refractivity contribution in [2.45, 2.75) is 37.5 Å². The second-order valence-corrected chi connectivity index (χ2v) is 8.47. The standard InChI is InChI=1S/C24H29N5O6/c1-29-19-5-4-16(12-22(30)27-9-10-33-2)35-21(19)14-34-20-6-3-15(11-17(20)24(29)32)28-23(31)18-13-25-7-8-26-18/h3,6-8,11,13,16,19,21H,4-5,9-10,12,14H2,1-2H3,(H,27,30)(H,28,31)/t16-,19-,21+/m0/s1. The fraction of sp³-hybridized carbons (Fsp3) is 0.458. The number of methoxy groups -OCH3 is 1. The van der Waals surface area contributed by atoms with Gasteiger partial charge >= 0.3 is 0 Å². The van der Waals surface area contributed by atoms with Gasteiger partial charge in [0.2, 0.25) is 5.91 Å². The summed E-state index contributed by atoms with van der Waals surface area (Å²) in [7, 11) is 3.32. The van der Waals surface area contributed by atoms with Gasteiger partial charge in [0.05, 0.1) is 36.9 Å². The molecular formula is C24H29N5O6. The van der Waals surface area contributed by atoms with E-state index in [1.54, 1.807) is 37.3 Å². The Kier molecular flexibility index (Phi) is 7.88. The Hall–Kier alpha value is -3.57. The topological polar surface area (TPSA) is 132 Å². The van der Waals surface area contributed by atoms with E-state index in [1.807, 2.05) is 0 Å². The normalized spacial score (nSPS) is 21.6. The Morgan fingerprint density at radius 1 is 1.26 bits per heavy atom. The summed E-state index contributed by atoms with van der Waals surface area (Å²) in [5.41, 5.74) is 0.965. The van der Waals surface area contributed by atoms with Crippen LogP contribution in [0.3, 0.4) is 0 Å². The SMILES string of the molecule is COCCNC(=O)C[C@@H]1CC[C@H]2[C@@H](COc3ccc(NC(=O)c4cnccn4)cc3C(=O)N2C)O1. The molecule has 35 heavy (non-hydrogen) atoms. The van der Waals surface area contributed by atoms with E-state index in [2.05, 4.69) is 20.6 Å². The van der Waals surface area contributed by atoms with Crippen molar-refractivity contribution in [2.75, 3.05) is 39.2 Å². The molecule has 2 aliphatic rings. The molecule has 1 saturated heterocycles. The molecule has 0 unspecified atom stereocenters. The molecular weight excluding hydrogens is 454 g/mol. The maximum absolute atomic E-state index is 13.3. The molecule has 2 aliphatic heterocycles. The van der Waals surface area contributed by atoms with E-state index in [0.29, 0.717) is 43.0 Å². The van der Waals surface area contributed by atoms with Crippen LogP contribution in [0.25, 0.3) is 0 Å². The molecule has 0 saturated carbocycles. The highest BCUT2D eigenvalue weighted by atomic mass is 16.5. The lowest BCUT2D eigenvalue weighted by atomic mass is 9.94. The minimum absolute atomic E-state index is 0.0944. The molecule has 0 radical (unpaired) electrons. The Bertz CT molecular complexity index is 1070. The molecule has 1 fully saturated rings. The largest absolute Gasteiger partial charge is 0.490 e. The highest BCUT2D eigenvalue weighted by Gasteiger charge is 2.39. The van der Waals surface area contributed by atoms with Gasteiger partial charge in [0.25, 0.3) is 11.8 Å². The summed E-state index contributed by atoms with van der Waals surface area (Å²) < 4.78 is 17.1. The number of hydrogen-bond acceptors (Lipinski definition) is 8. The molecule has 1 aromatic heterocycles. The first-order valence-corrected chi connectivity index (χ1v) is 11.5. The second kappa shape index (κ2) is 11.2. The van der Waals surface area contributed by atoms with E-state index in [0.717, 1.165) is 0 Å². The number of benzene rings is 1. The van der Waals surface area contributed by atoms with Gasteiger partial charge in [0, 0.05) is 38.8 Å². The van der Waals surface area contributed by atoms with Gasteiger partial charge in [-0.3, -0.25) is 19.4 Å². The third-order valence-corrected chi connectivity index (χ3v) is 6.11. The second-order valence-electron chi connectivity index (χ2n) is 8.47. The zero-order valence-electron chi connectivity index (χ0n) is 19.7. The number of rotatable bonds is 7. The van der Waals surface area contributed by atoms with Crippen molar-refractivity contribution in [1.82, 2.24) is 20.2 Å². The van der Waals surface area contributed by atoms with E-state index < -0.39 is 5.91 Å². The van der Waals surface area contributed by atoms with E-state index in [9.17, 15) is 14.4 Å². The van der Waals surface area contributed by atoms with Crippen molar-refractivity contribution >= 4 is 23.4 Å². The molecule has 11 nitrogen and oxygen atoms in total. The summed E-state index contributed by atoms with van der Waals surface area (Å²) >= 11 is 0. The molecule has 4 rings (SSSR count). The quantitative estimate of drug-likeness (QED) is 0.563. The number of aromatic nitrogens is 2. The van der Waals surface area contributed by atoms with E-state index >= 15 is 0 Å². The number of ether oxygens (including phenoxy) is 3. The van der Waals surface area contributed by atoms with Crippen molar-refractivity contribution in [3.63, 3.8) is 0 Å². The number of amides is 3. The number of nitrogens with zero attached hydrogens (tertiary/aromatic N) is 3. The van der Waals surface area contributed by atoms with E-state index in [-0.39, 0.29) is 48.8 Å². The number of nitrogens with one attached hydrogen (secondary N) is 2. The Labute approximate surface area is 203 Å².